The summed E-state index contributed by atoms with van der Waals surface area (Å²) in [7, 11) is 0. The van der Waals surface area contributed by atoms with E-state index in [0.29, 0.717) is 28.9 Å². The Bertz CT molecular complexity index is 976. The lowest BCUT2D eigenvalue weighted by Gasteiger charge is -2.34. The molecule has 1 N–H and O–H groups in total. The van der Waals surface area contributed by atoms with Gasteiger partial charge in [-0.3, -0.25) is 4.79 Å². The molecule has 1 aromatic carbocycles. The highest BCUT2D eigenvalue weighted by molar-refractivity contribution is 5.79. The molecular weight excluding hydrogens is 352 g/mol. The molecule has 2 heterocycles. The number of benzene rings is 1. The Morgan fingerprint density at radius 3 is 2.75 bits per heavy atom. The van der Waals surface area contributed by atoms with Crippen molar-refractivity contribution in [2.24, 2.45) is 0 Å². The fraction of sp³-hybridized carbons (Fsp3) is 0.458. The number of aromatic hydroxyl groups is 1. The minimum absolute atomic E-state index is 0.0617. The highest BCUT2D eigenvalue weighted by Gasteiger charge is 2.34. The van der Waals surface area contributed by atoms with E-state index in [2.05, 4.69) is 39.8 Å². The number of rotatable bonds is 6. The maximum absolute atomic E-state index is 12.7. The monoisotopic (exact) mass is 382 g/mol. The smallest absolute Gasteiger partial charge is 0.292 e. The summed E-state index contributed by atoms with van der Waals surface area (Å²) < 4.78 is 12.0. The van der Waals surface area contributed by atoms with Crippen LogP contribution in [0.15, 0.2) is 50.7 Å². The van der Waals surface area contributed by atoms with E-state index in [0.717, 1.165) is 32.1 Å². The molecule has 3 rings (SSSR count). The van der Waals surface area contributed by atoms with E-state index < -0.39 is 0 Å². The van der Waals surface area contributed by atoms with Crippen molar-refractivity contribution in [2.45, 2.75) is 71.8 Å². The number of hydrogen-bond donors (Lipinski definition) is 1. The highest BCUT2D eigenvalue weighted by Crippen LogP contribution is 2.36. The second kappa shape index (κ2) is 8.26. The van der Waals surface area contributed by atoms with Crippen molar-refractivity contribution < 1.29 is 14.3 Å². The van der Waals surface area contributed by atoms with Crippen molar-refractivity contribution in [3.8, 4) is 11.7 Å². The molecule has 150 valence electrons. The van der Waals surface area contributed by atoms with Crippen LogP contribution in [0.2, 0.25) is 0 Å². The van der Waals surface area contributed by atoms with Crippen LogP contribution in [0.3, 0.4) is 0 Å². The molecule has 1 unspecified atom stereocenters. The van der Waals surface area contributed by atoms with E-state index in [1.54, 1.807) is 6.07 Å². The first-order valence-electron chi connectivity index (χ1n) is 10.0. The summed E-state index contributed by atoms with van der Waals surface area (Å²) >= 11 is 0. The zero-order valence-corrected chi connectivity index (χ0v) is 17.3. The van der Waals surface area contributed by atoms with Crippen molar-refractivity contribution in [3.05, 3.63) is 57.3 Å². The summed E-state index contributed by atoms with van der Waals surface area (Å²) in [5.74, 6) is 0.379. The SMILES string of the molecule is CC(C)=CCC/C(C)=C/CCC1(C)CCc2c(oc3cc(O)ccc3c2=O)O1. The third kappa shape index (κ3) is 4.67. The van der Waals surface area contributed by atoms with Crippen LogP contribution in [0, 0.1) is 0 Å². The van der Waals surface area contributed by atoms with E-state index in [4.69, 9.17) is 9.15 Å². The summed E-state index contributed by atoms with van der Waals surface area (Å²) in [5.41, 5.74) is 3.30. The van der Waals surface area contributed by atoms with Gasteiger partial charge in [0.15, 0.2) is 5.43 Å². The molecule has 4 nitrogen and oxygen atoms in total. The van der Waals surface area contributed by atoms with Crippen LogP contribution < -0.4 is 10.2 Å². The topological polar surface area (TPSA) is 59.7 Å². The van der Waals surface area contributed by atoms with Crippen molar-refractivity contribution >= 4 is 11.0 Å². The fourth-order valence-corrected chi connectivity index (χ4v) is 3.65. The molecule has 1 atom stereocenters. The van der Waals surface area contributed by atoms with Gasteiger partial charge < -0.3 is 14.3 Å². The quantitative estimate of drug-likeness (QED) is 0.617. The molecule has 1 aliphatic heterocycles. The Labute approximate surface area is 166 Å². The molecule has 0 spiro atoms. The number of phenolic OH excluding ortho intramolecular Hbond substituents is 1. The maximum Gasteiger partial charge on any atom is 0.292 e. The average Bonchev–Trinajstić information content (AvgIpc) is 2.61. The molecule has 0 bridgehead atoms. The number of hydrogen-bond acceptors (Lipinski definition) is 4. The molecule has 4 heteroatoms. The van der Waals surface area contributed by atoms with Crippen LogP contribution in [0.4, 0.5) is 0 Å². The summed E-state index contributed by atoms with van der Waals surface area (Å²) in [6.45, 7) is 8.51. The largest absolute Gasteiger partial charge is 0.508 e. The summed E-state index contributed by atoms with van der Waals surface area (Å²) in [6, 6.07) is 4.57. The molecule has 2 aromatic rings. The van der Waals surface area contributed by atoms with Crippen LogP contribution in [0.25, 0.3) is 11.0 Å². The van der Waals surface area contributed by atoms with E-state index in [-0.39, 0.29) is 16.8 Å². The molecule has 0 radical (unpaired) electrons. The van der Waals surface area contributed by atoms with Crippen molar-refractivity contribution in [1.29, 1.82) is 0 Å². The van der Waals surface area contributed by atoms with Crippen molar-refractivity contribution in [2.75, 3.05) is 0 Å². The highest BCUT2D eigenvalue weighted by atomic mass is 16.6. The second-order valence-corrected chi connectivity index (χ2v) is 8.34. The standard InChI is InChI=1S/C24H30O4/c1-16(2)7-5-8-17(3)9-6-13-24(4)14-12-20-22(26)19-11-10-18(25)15-21(19)27-23(20)28-24/h7,9-11,15,25H,5-6,8,12-14H2,1-4H3/b17-9+. The van der Waals surface area contributed by atoms with E-state index in [1.807, 2.05) is 0 Å². The molecular formula is C24H30O4. The van der Waals surface area contributed by atoms with Crippen molar-refractivity contribution in [1.82, 2.24) is 0 Å². The van der Waals surface area contributed by atoms with Gasteiger partial charge in [0.2, 0.25) is 0 Å². The Kier molecular flexibility index (Phi) is 5.97. The van der Waals surface area contributed by atoms with Crippen LogP contribution in [0.1, 0.15) is 65.4 Å². The summed E-state index contributed by atoms with van der Waals surface area (Å²) in [6.07, 6.45) is 9.96. The van der Waals surface area contributed by atoms with Gasteiger partial charge in [0.25, 0.3) is 5.95 Å². The van der Waals surface area contributed by atoms with Gasteiger partial charge in [-0.1, -0.05) is 23.3 Å². The number of phenols is 1. The van der Waals surface area contributed by atoms with Gasteiger partial charge in [-0.25, -0.2) is 0 Å². The third-order valence-corrected chi connectivity index (χ3v) is 5.43. The van der Waals surface area contributed by atoms with Gasteiger partial charge in [-0.15, -0.1) is 0 Å². The molecule has 28 heavy (non-hydrogen) atoms. The molecule has 0 saturated heterocycles. The number of ether oxygens (including phenoxy) is 1. The lowest BCUT2D eigenvalue weighted by Crippen LogP contribution is -2.37. The summed E-state index contributed by atoms with van der Waals surface area (Å²) in [4.78, 5) is 12.7. The molecule has 1 aromatic heterocycles. The minimum atomic E-state index is -0.357. The zero-order chi connectivity index (χ0) is 20.3. The molecule has 0 saturated carbocycles. The first-order valence-corrected chi connectivity index (χ1v) is 10.0. The van der Waals surface area contributed by atoms with E-state index in [9.17, 15) is 9.90 Å². The fourth-order valence-electron chi connectivity index (χ4n) is 3.65. The predicted octanol–water partition coefficient (Wildman–Crippen LogP) is 6.06. The Balaban J connectivity index is 1.70. The van der Waals surface area contributed by atoms with Crippen LogP contribution >= 0.6 is 0 Å². The van der Waals surface area contributed by atoms with Gasteiger partial charge >= 0.3 is 0 Å². The molecule has 0 amide bonds. The first-order chi connectivity index (χ1) is 13.3. The lowest BCUT2D eigenvalue weighted by molar-refractivity contribution is 0.0296. The predicted molar refractivity (Wildman–Crippen MR) is 113 cm³/mol. The van der Waals surface area contributed by atoms with Crippen LogP contribution in [-0.4, -0.2) is 10.7 Å². The zero-order valence-electron chi connectivity index (χ0n) is 17.3. The van der Waals surface area contributed by atoms with Gasteiger partial charge in [-0.05, 0) is 78.4 Å². The second-order valence-electron chi connectivity index (χ2n) is 8.34. The van der Waals surface area contributed by atoms with Gasteiger partial charge in [0, 0.05) is 6.07 Å². The minimum Gasteiger partial charge on any atom is -0.508 e. The third-order valence-electron chi connectivity index (χ3n) is 5.43. The normalized spacial score (nSPS) is 19.2. The van der Waals surface area contributed by atoms with Gasteiger partial charge in [0.1, 0.15) is 16.9 Å². The Hall–Kier alpha value is -2.49. The summed E-state index contributed by atoms with van der Waals surface area (Å²) in [5, 5.41) is 10.2. The Morgan fingerprint density at radius 2 is 2.00 bits per heavy atom. The van der Waals surface area contributed by atoms with Gasteiger partial charge in [0.05, 0.1) is 10.9 Å². The molecule has 0 aliphatic carbocycles. The van der Waals surface area contributed by atoms with E-state index >= 15 is 0 Å². The average molecular weight is 383 g/mol. The lowest BCUT2D eigenvalue weighted by atomic mass is 9.89. The van der Waals surface area contributed by atoms with Crippen molar-refractivity contribution in [3.63, 3.8) is 0 Å². The molecule has 0 fully saturated rings. The van der Waals surface area contributed by atoms with Crippen LogP contribution in [-0.2, 0) is 6.42 Å². The van der Waals surface area contributed by atoms with Gasteiger partial charge in [-0.2, -0.15) is 0 Å². The maximum atomic E-state index is 12.7. The Morgan fingerprint density at radius 1 is 1.21 bits per heavy atom. The number of allylic oxidation sites excluding steroid dienone is 4. The first kappa shape index (κ1) is 20.2. The van der Waals surface area contributed by atoms with Crippen LogP contribution in [0.5, 0.6) is 11.7 Å². The van der Waals surface area contributed by atoms with E-state index in [1.165, 1.54) is 23.3 Å². The number of fused-ring (bicyclic) bond motifs is 2. The molecule has 1 aliphatic rings.